The van der Waals surface area contributed by atoms with Crippen LogP contribution in [-0.4, -0.2) is 32.8 Å². The third-order valence-corrected chi connectivity index (χ3v) is 6.43. The lowest BCUT2D eigenvalue weighted by Gasteiger charge is -2.17. The Balaban J connectivity index is 1.64. The number of carbonyl (C=O) groups excluding carboxylic acids is 1. The molecule has 0 saturated heterocycles. The van der Waals surface area contributed by atoms with Gasteiger partial charge in [0.25, 0.3) is 5.91 Å². The molecule has 36 heavy (non-hydrogen) atoms. The summed E-state index contributed by atoms with van der Waals surface area (Å²) in [7, 11) is 1.62. The van der Waals surface area contributed by atoms with Crippen LogP contribution in [0.1, 0.15) is 27.2 Å². The van der Waals surface area contributed by atoms with Crippen LogP contribution in [0.25, 0.3) is 11.3 Å². The number of nitrogens with one attached hydrogen (secondary N) is 1. The molecule has 1 amide bonds. The lowest BCUT2D eigenvalue weighted by molar-refractivity contribution is -0.138. The van der Waals surface area contributed by atoms with E-state index in [9.17, 15) is 22.4 Å². The van der Waals surface area contributed by atoms with Gasteiger partial charge in [-0.1, -0.05) is 29.4 Å². The summed E-state index contributed by atoms with van der Waals surface area (Å²) < 4.78 is 53.9. The van der Waals surface area contributed by atoms with Gasteiger partial charge in [0.05, 0.1) is 5.56 Å². The summed E-state index contributed by atoms with van der Waals surface area (Å²) in [5.74, 6) is -0.898. The smallest absolute Gasteiger partial charge is 0.336 e. The maximum absolute atomic E-state index is 13.5. The highest BCUT2D eigenvalue weighted by Gasteiger charge is 2.33. The Labute approximate surface area is 213 Å². The number of alkyl halides is 3. The molecule has 1 N–H and O–H groups in total. The fourth-order valence-electron chi connectivity index (χ4n) is 3.50. The van der Waals surface area contributed by atoms with Crippen molar-refractivity contribution < 1.29 is 22.4 Å². The second kappa shape index (κ2) is 10.7. The van der Waals surface area contributed by atoms with Crippen molar-refractivity contribution in [1.82, 2.24) is 19.9 Å². The topological polar surface area (TPSA) is 61.9 Å². The van der Waals surface area contributed by atoms with Gasteiger partial charge in [-0.15, -0.1) is 0 Å². The lowest BCUT2D eigenvalue weighted by atomic mass is 10.1. The molecule has 4 rings (SSSR count). The van der Waals surface area contributed by atoms with Crippen LogP contribution >= 0.6 is 23.4 Å². The Morgan fingerprint density at radius 1 is 1.08 bits per heavy atom. The molecule has 0 aliphatic rings. The van der Waals surface area contributed by atoms with Crippen LogP contribution in [-0.2, 0) is 18.5 Å². The van der Waals surface area contributed by atoms with Crippen LogP contribution < -0.4 is 0 Å². The number of nitrogens with zero attached hydrogens (tertiary/aromatic N) is 3. The highest BCUT2D eigenvalue weighted by molar-refractivity contribution is 7.98. The Morgan fingerprint density at radius 3 is 2.44 bits per heavy atom. The predicted molar refractivity (Wildman–Crippen MR) is 130 cm³/mol. The second-order valence-corrected chi connectivity index (χ2v) is 9.28. The van der Waals surface area contributed by atoms with Crippen LogP contribution in [0.3, 0.4) is 0 Å². The number of hydrogen-bond donors (Lipinski definition) is 1. The fraction of sp³-hybridized carbons (Fsp3) is 0.160. The minimum Gasteiger partial charge on any atom is -0.336 e. The predicted octanol–water partition coefficient (Wildman–Crippen LogP) is 6.85. The van der Waals surface area contributed by atoms with Crippen molar-refractivity contribution in [2.24, 2.45) is 0 Å². The van der Waals surface area contributed by atoms with E-state index in [1.54, 1.807) is 31.6 Å². The van der Waals surface area contributed by atoms with Gasteiger partial charge in [0.15, 0.2) is 5.16 Å². The van der Waals surface area contributed by atoms with Gasteiger partial charge >= 0.3 is 6.18 Å². The van der Waals surface area contributed by atoms with Crippen LogP contribution in [0.4, 0.5) is 17.6 Å². The molecule has 11 heteroatoms. The standard InChI is InChI=1S/C25H19ClF4N4OS/c1-34(13-15-8-10-31-11-9-15)23(35)22-21(16-3-6-19(27)7-4-16)32-24(33-22)36-14-17-2-5-18(26)12-20(17)25(28,29)30/h2-12H,13-14H2,1H3,(H,32,33). The van der Waals surface area contributed by atoms with Gasteiger partial charge in [-0.3, -0.25) is 9.78 Å². The van der Waals surface area contributed by atoms with Gasteiger partial charge in [0.2, 0.25) is 0 Å². The van der Waals surface area contributed by atoms with E-state index in [1.807, 2.05) is 0 Å². The van der Waals surface area contributed by atoms with Gasteiger partial charge in [-0.2, -0.15) is 13.2 Å². The first-order chi connectivity index (χ1) is 17.1. The van der Waals surface area contributed by atoms with Crippen molar-refractivity contribution in [3.05, 3.63) is 100 Å². The first kappa shape index (κ1) is 25.7. The second-order valence-electron chi connectivity index (χ2n) is 7.88. The number of halogens is 5. The monoisotopic (exact) mass is 534 g/mol. The number of amides is 1. The minimum atomic E-state index is -4.57. The molecule has 2 aromatic carbocycles. The summed E-state index contributed by atoms with van der Waals surface area (Å²) >= 11 is 6.78. The number of rotatable bonds is 7. The van der Waals surface area contributed by atoms with Crippen molar-refractivity contribution >= 4 is 29.3 Å². The zero-order chi connectivity index (χ0) is 25.9. The van der Waals surface area contributed by atoms with Crippen LogP contribution in [0.2, 0.25) is 5.02 Å². The van der Waals surface area contributed by atoms with Crippen molar-refractivity contribution in [2.75, 3.05) is 7.05 Å². The number of thioether (sulfide) groups is 1. The number of aromatic nitrogens is 3. The molecule has 2 heterocycles. The maximum Gasteiger partial charge on any atom is 0.416 e. The van der Waals surface area contributed by atoms with E-state index < -0.39 is 17.6 Å². The summed E-state index contributed by atoms with van der Waals surface area (Å²) in [6.07, 6.45) is -1.33. The van der Waals surface area contributed by atoms with E-state index in [4.69, 9.17) is 11.6 Å². The normalized spacial score (nSPS) is 11.5. The maximum atomic E-state index is 13.5. The van der Waals surface area contributed by atoms with Crippen LogP contribution in [0, 0.1) is 5.82 Å². The Morgan fingerprint density at radius 2 is 1.78 bits per heavy atom. The quantitative estimate of drug-likeness (QED) is 0.208. The number of carbonyl (C=O) groups is 1. The van der Waals surface area contributed by atoms with Gasteiger partial charge < -0.3 is 9.88 Å². The SMILES string of the molecule is CN(Cc1ccncc1)C(=O)c1[nH]c(SCc2ccc(Cl)cc2C(F)(F)F)nc1-c1ccc(F)cc1. The number of pyridine rings is 1. The summed E-state index contributed by atoms with van der Waals surface area (Å²) in [6.45, 7) is 0.297. The van der Waals surface area contributed by atoms with E-state index in [1.165, 1.54) is 41.3 Å². The van der Waals surface area contributed by atoms with Crippen LogP contribution in [0.15, 0.2) is 72.1 Å². The van der Waals surface area contributed by atoms with E-state index in [0.29, 0.717) is 12.1 Å². The number of benzene rings is 2. The highest BCUT2D eigenvalue weighted by Crippen LogP contribution is 2.36. The Kier molecular flexibility index (Phi) is 7.65. The summed E-state index contributed by atoms with van der Waals surface area (Å²) in [5.41, 5.74) is 0.966. The summed E-state index contributed by atoms with van der Waals surface area (Å²) in [6, 6.07) is 12.6. The van der Waals surface area contributed by atoms with Gasteiger partial charge in [-0.25, -0.2) is 9.37 Å². The van der Waals surface area contributed by atoms with Crippen molar-refractivity contribution in [1.29, 1.82) is 0 Å². The van der Waals surface area contributed by atoms with Gasteiger partial charge in [0.1, 0.15) is 17.2 Å². The molecule has 0 fully saturated rings. The van der Waals surface area contributed by atoms with Crippen molar-refractivity contribution in [3.63, 3.8) is 0 Å². The average molecular weight is 535 g/mol. The molecule has 0 spiro atoms. The number of aromatic amines is 1. The molecule has 0 aliphatic carbocycles. The van der Waals surface area contributed by atoms with Gasteiger partial charge in [-0.05, 0) is 59.7 Å². The number of imidazole rings is 1. The van der Waals surface area contributed by atoms with Gasteiger partial charge in [0, 0.05) is 42.3 Å². The molecule has 0 atom stereocenters. The molecule has 0 saturated carbocycles. The molecule has 186 valence electrons. The third kappa shape index (κ3) is 6.06. The molecule has 5 nitrogen and oxygen atoms in total. The fourth-order valence-corrected chi connectivity index (χ4v) is 4.55. The molecule has 0 radical (unpaired) electrons. The number of H-pyrrole nitrogens is 1. The minimum absolute atomic E-state index is 0.0159. The molecular formula is C25H19ClF4N4OS. The average Bonchev–Trinajstić information content (AvgIpc) is 3.27. The molecule has 0 bridgehead atoms. The first-order valence-electron chi connectivity index (χ1n) is 10.6. The molecule has 0 unspecified atom stereocenters. The Bertz CT molecular complexity index is 1360. The van der Waals surface area contributed by atoms with E-state index in [-0.39, 0.29) is 38.8 Å². The largest absolute Gasteiger partial charge is 0.416 e. The number of hydrogen-bond acceptors (Lipinski definition) is 4. The van der Waals surface area contributed by atoms with E-state index in [0.717, 1.165) is 23.4 Å². The lowest BCUT2D eigenvalue weighted by Crippen LogP contribution is -2.27. The third-order valence-electron chi connectivity index (χ3n) is 5.27. The summed E-state index contributed by atoms with van der Waals surface area (Å²) in [5, 5.41) is 0.232. The van der Waals surface area contributed by atoms with E-state index >= 15 is 0 Å². The molecule has 0 aliphatic heterocycles. The Hall–Kier alpha value is -3.37. The summed E-state index contributed by atoms with van der Waals surface area (Å²) in [4.78, 5) is 26.2. The molecule has 2 aromatic heterocycles. The molecule has 4 aromatic rings. The van der Waals surface area contributed by atoms with Crippen molar-refractivity contribution in [3.8, 4) is 11.3 Å². The zero-order valence-corrected chi connectivity index (χ0v) is 20.4. The zero-order valence-electron chi connectivity index (χ0n) is 18.8. The molecular weight excluding hydrogens is 516 g/mol. The first-order valence-corrected chi connectivity index (χ1v) is 12.0. The van der Waals surface area contributed by atoms with E-state index in [2.05, 4.69) is 15.0 Å². The highest BCUT2D eigenvalue weighted by atomic mass is 35.5. The van der Waals surface area contributed by atoms with Crippen LogP contribution in [0.5, 0.6) is 0 Å². The van der Waals surface area contributed by atoms with Crippen molar-refractivity contribution in [2.45, 2.75) is 23.6 Å².